The third-order valence-electron chi connectivity index (χ3n) is 3.30. The highest BCUT2D eigenvalue weighted by molar-refractivity contribution is 8.06. The highest BCUT2D eigenvalue weighted by Gasteiger charge is 2.25. The largest absolute Gasteiger partial charge is 0.496 e. The highest BCUT2D eigenvalue weighted by Crippen LogP contribution is 2.36. The molecular weight excluding hydrogens is 264 g/mol. The van der Waals surface area contributed by atoms with Crippen LogP contribution in [0.25, 0.3) is 0 Å². The van der Waals surface area contributed by atoms with Crippen LogP contribution < -0.4 is 4.74 Å². The van der Waals surface area contributed by atoms with Crippen LogP contribution in [0.1, 0.15) is 22.8 Å². The topological polar surface area (TPSA) is 29.5 Å². The van der Waals surface area contributed by atoms with Gasteiger partial charge >= 0.3 is 0 Å². The molecule has 2 rings (SSSR count). The van der Waals surface area contributed by atoms with E-state index in [-0.39, 0.29) is 6.10 Å². The number of rotatable bonds is 3. The molecule has 0 aliphatic carbocycles. The summed E-state index contributed by atoms with van der Waals surface area (Å²) in [7, 11) is 1.69. The molecule has 0 spiro atoms. The van der Waals surface area contributed by atoms with Crippen LogP contribution >= 0.6 is 23.5 Å². The minimum Gasteiger partial charge on any atom is -0.496 e. The zero-order valence-electron chi connectivity index (χ0n) is 11.1. The Hall–Kier alpha value is -0.320. The van der Waals surface area contributed by atoms with E-state index in [0.717, 1.165) is 33.9 Å². The summed E-state index contributed by atoms with van der Waals surface area (Å²) in [5, 5.41) is 10.9. The smallest absolute Gasteiger partial charge is 0.122 e. The Morgan fingerprint density at radius 1 is 1.28 bits per heavy atom. The van der Waals surface area contributed by atoms with E-state index in [1.54, 1.807) is 7.11 Å². The number of benzene rings is 1. The maximum absolute atomic E-state index is 10.5. The number of aliphatic hydroxyl groups excluding tert-OH is 1. The lowest BCUT2D eigenvalue weighted by molar-refractivity contribution is 0.179. The van der Waals surface area contributed by atoms with Crippen molar-refractivity contribution in [2.75, 3.05) is 24.4 Å². The van der Waals surface area contributed by atoms with Crippen LogP contribution in [0, 0.1) is 13.8 Å². The van der Waals surface area contributed by atoms with Crippen molar-refractivity contribution >= 4 is 23.5 Å². The molecule has 1 aliphatic rings. The maximum atomic E-state index is 10.5. The summed E-state index contributed by atoms with van der Waals surface area (Å²) >= 11 is 3.83. The third-order valence-corrected chi connectivity index (χ3v) is 6.15. The molecule has 0 aromatic heterocycles. The fourth-order valence-electron chi connectivity index (χ4n) is 2.24. The summed E-state index contributed by atoms with van der Waals surface area (Å²) in [4.78, 5) is 0. The van der Waals surface area contributed by atoms with Gasteiger partial charge in [0.1, 0.15) is 5.75 Å². The predicted molar refractivity (Wildman–Crippen MR) is 81.0 cm³/mol. The van der Waals surface area contributed by atoms with Crippen molar-refractivity contribution in [1.29, 1.82) is 0 Å². The van der Waals surface area contributed by atoms with E-state index in [4.69, 9.17) is 4.74 Å². The Bertz CT molecular complexity index is 415. The lowest BCUT2D eigenvalue weighted by Crippen LogP contribution is -2.23. The van der Waals surface area contributed by atoms with Gasteiger partial charge in [0.2, 0.25) is 0 Å². The number of methoxy groups -OCH3 is 1. The van der Waals surface area contributed by atoms with E-state index < -0.39 is 0 Å². The average Bonchev–Trinajstić information content (AvgIpc) is 2.41. The highest BCUT2D eigenvalue weighted by atomic mass is 32.2. The first kappa shape index (κ1) is 14.1. The second kappa shape index (κ2) is 6.22. The van der Waals surface area contributed by atoms with Gasteiger partial charge in [0, 0.05) is 22.5 Å². The van der Waals surface area contributed by atoms with Crippen molar-refractivity contribution < 1.29 is 9.84 Å². The fraction of sp³-hybridized carbons (Fsp3) is 0.571. The van der Waals surface area contributed by atoms with E-state index in [1.165, 1.54) is 5.75 Å². The number of ether oxygens (including phenoxy) is 1. The molecule has 1 aliphatic heterocycles. The summed E-state index contributed by atoms with van der Waals surface area (Å²) < 4.78 is 5.32. The van der Waals surface area contributed by atoms with Crippen LogP contribution in [0.15, 0.2) is 12.1 Å². The van der Waals surface area contributed by atoms with E-state index in [1.807, 2.05) is 43.4 Å². The molecule has 1 saturated heterocycles. The van der Waals surface area contributed by atoms with E-state index >= 15 is 0 Å². The molecule has 0 saturated carbocycles. The monoisotopic (exact) mass is 284 g/mol. The molecule has 2 nitrogen and oxygen atoms in total. The molecule has 2 atom stereocenters. The second-order valence-corrected chi connectivity index (χ2v) is 7.10. The quantitative estimate of drug-likeness (QED) is 0.923. The molecule has 1 heterocycles. The van der Waals surface area contributed by atoms with Crippen molar-refractivity contribution in [2.45, 2.75) is 25.2 Å². The summed E-state index contributed by atoms with van der Waals surface area (Å²) in [6.07, 6.45) is -0.368. The molecule has 1 aromatic rings. The van der Waals surface area contributed by atoms with Crippen molar-refractivity contribution in [1.82, 2.24) is 0 Å². The first-order valence-corrected chi connectivity index (χ1v) is 8.36. The number of hydrogen-bond donors (Lipinski definition) is 1. The molecule has 1 aromatic carbocycles. The van der Waals surface area contributed by atoms with Crippen LogP contribution in [0.5, 0.6) is 5.75 Å². The molecule has 0 bridgehead atoms. The molecule has 1 N–H and O–H groups in total. The molecule has 1 fully saturated rings. The molecule has 0 radical (unpaired) electrons. The van der Waals surface area contributed by atoms with Gasteiger partial charge in [0.15, 0.2) is 0 Å². The maximum Gasteiger partial charge on any atom is 0.122 e. The predicted octanol–water partition coefficient (Wildman–Crippen LogP) is 3.19. The van der Waals surface area contributed by atoms with Crippen molar-refractivity contribution in [3.63, 3.8) is 0 Å². The van der Waals surface area contributed by atoms with Crippen LogP contribution in [-0.2, 0) is 0 Å². The van der Waals surface area contributed by atoms with Gasteiger partial charge in [-0.05, 0) is 42.7 Å². The Morgan fingerprint density at radius 2 is 2.06 bits per heavy atom. The molecule has 18 heavy (non-hydrogen) atoms. The van der Waals surface area contributed by atoms with Crippen LogP contribution in [-0.4, -0.2) is 34.7 Å². The summed E-state index contributed by atoms with van der Waals surface area (Å²) in [5.41, 5.74) is 3.25. The second-order valence-electron chi connectivity index (χ2n) is 4.61. The standard InChI is InChI=1S/C14H20O2S2/c1-9-7-12(16-3)10(2)6-11(9)14(15)13-8-17-4-5-18-13/h6-7,13-15H,4-5,8H2,1-3H3. The van der Waals surface area contributed by atoms with Crippen molar-refractivity contribution in [3.05, 3.63) is 28.8 Å². The molecule has 2 unspecified atom stereocenters. The zero-order valence-corrected chi connectivity index (χ0v) is 12.7. The molecular formula is C14H20O2S2. The zero-order chi connectivity index (χ0) is 13.1. The summed E-state index contributed by atoms with van der Waals surface area (Å²) in [6.45, 7) is 4.07. The molecule has 4 heteroatoms. The van der Waals surface area contributed by atoms with Gasteiger partial charge in [-0.15, -0.1) is 0 Å². The van der Waals surface area contributed by atoms with Crippen LogP contribution in [0.3, 0.4) is 0 Å². The van der Waals surface area contributed by atoms with Gasteiger partial charge in [-0.1, -0.05) is 0 Å². The van der Waals surface area contributed by atoms with Gasteiger partial charge in [-0.25, -0.2) is 0 Å². The van der Waals surface area contributed by atoms with E-state index in [0.29, 0.717) is 5.25 Å². The Morgan fingerprint density at radius 3 is 2.67 bits per heavy atom. The van der Waals surface area contributed by atoms with E-state index in [2.05, 4.69) is 6.07 Å². The number of aliphatic hydroxyl groups is 1. The van der Waals surface area contributed by atoms with Crippen molar-refractivity contribution in [2.24, 2.45) is 0 Å². The summed E-state index contributed by atoms with van der Waals surface area (Å²) in [6, 6.07) is 4.09. The van der Waals surface area contributed by atoms with Gasteiger partial charge in [0.25, 0.3) is 0 Å². The van der Waals surface area contributed by atoms with Gasteiger partial charge in [-0.2, -0.15) is 23.5 Å². The Labute approximate surface area is 117 Å². The average molecular weight is 284 g/mol. The Balaban J connectivity index is 2.23. The fourth-order valence-corrected chi connectivity index (χ4v) is 4.98. The first-order chi connectivity index (χ1) is 8.63. The van der Waals surface area contributed by atoms with Gasteiger partial charge in [-0.3, -0.25) is 0 Å². The number of thioether (sulfide) groups is 2. The van der Waals surface area contributed by atoms with Gasteiger partial charge < -0.3 is 9.84 Å². The summed E-state index contributed by atoms with van der Waals surface area (Å²) in [5.74, 6) is 4.28. The Kier molecular flexibility index (Phi) is 4.87. The lowest BCUT2D eigenvalue weighted by Gasteiger charge is -2.27. The minimum absolute atomic E-state index is 0.315. The number of hydrogen-bond acceptors (Lipinski definition) is 4. The SMILES string of the molecule is COc1cc(C)c(C(O)C2CSCCS2)cc1C. The van der Waals surface area contributed by atoms with Gasteiger partial charge in [0.05, 0.1) is 13.2 Å². The number of aryl methyl sites for hydroxylation is 2. The van der Waals surface area contributed by atoms with Crippen LogP contribution in [0.2, 0.25) is 0 Å². The van der Waals surface area contributed by atoms with E-state index in [9.17, 15) is 5.11 Å². The first-order valence-electron chi connectivity index (χ1n) is 6.16. The molecule has 0 amide bonds. The normalized spacial score (nSPS) is 21.7. The third kappa shape index (κ3) is 2.98. The molecule has 100 valence electrons. The van der Waals surface area contributed by atoms with Crippen LogP contribution in [0.4, 0.5) is 0 Å². The van der Waals surface area contributed by atoms with Crippen molar-refractivity contribution in [3.8, 4) is 5.75 Å². The minimum atomic E-state index is -0.368. The lowest BCUT2D eigenvalue weighted by atomic mass is 9.98.